The van der Waals surface area contributed by atoms with Crippen molar-refractivity contribution in [2.24, 2.45) is 4.99 Å². The number of pyridine rings is 1. The molecule has 0 spiro atoms. The van der Waals surface area contributed by atoms with Gasteiger partial charge in [0.1, 0.15) is 5.82 Å². The summed E-state index contributed by atoms with van der Waals surface area (Å²) in [5.74, 6) is -0.958. The summed E-state index contributed by atoms with van der Waals surface area (Å²) in [6, 6.07) is 1.93. The van der Waals surface area contributed by atoms with Crippen molar-refractivity contribution in [2.75, 3.05) is 0 Å². The summed E-state index contributed by atoms with van der Waals surface area (Å²) < 4.78 is 47.8. The molecule has 1 aromatic rings. The lowest BCUT2D eigenvalue weighted by molar-refractivity contribution is -0.0558. The molecular formula is C7H3ClF4N2. The van der Waals surface area contributed by atoms with Crippen molar-refractivity contribution in [1.82, 2.24) is 4.98 Å². The van der Waals surface area contributed by atoms with E-state index in [1.54, 1.807) is 0 Å². The predicted molar refractivity (Wildman–Crippen MR) is 43.2 cm³/mol. The molecule has 0 aliphatic rings. The Morgan fingerprint density at radius 2 is 2.00 bits per heavy atom. The van der Waals surface area contributed by atoms with Gasteiger partial charge in [0.25, 0.3) is 0 Å². The third kappa shape index (κ3) is 2.95. The highest BCUT2D eigenvalue weighted by molar-refractivity contribution is 6.67. The van der Waals surface area contributed by atoms with Gasteiger partial charge in [0.05, 0.1) is 6.20 Å². The number of aromatic nitrogens is 1. The van der Waals surface area contributed by atoms with Crippen LogP contribution in [0.25, 0.3) is 0 Å². The molecule has 1 aromatic heterocycles. The lowest BCUT2D eigenvalue weighted by atomic mass is 10.4. The van der Waals surface area contributed by atoms with Crippen LogP contribution in [0, 0.1) is 5.82 Å². The predicted octanol–water partition coefficient (Wildman–Crippen LogP) is 3.05. The minimum atomic E-state index is -4.71. The Balaban J connectivity index is 2.93. The second kappa shape index (κ2) is 3.91. The number of hydrogen-bond acceptors (Lipinski definition) is 2. The maximum atomic E-state index is 12.3. The molecule has 0 N–H and O–H groups in total. The van der Waals surface area contributed by atoms with Crippen molar-refractivity contribution in [3.05, 3.63) is 24.1 Å². The molecule has 0 atom stereocenters. The zero-order chi connectivity index (χ0) is 10.8. The van der Waals surface area contributed by atoms with Crippen molar-refractivity contribution in [2.45, 2.75) is 6.18 Å². The molecular weight excluding hydrogens is 224 g/mol. The third-order valence-electron chi connectivity index (χ3n) is 1.16. The molecule has 0 aliphatic heterocycles. The molecule has 0 aliphatic carbocycles. The summed E-state index contributed by atoms with van der Waals surface area (Å²) in [7, 11) is 0. The zero-order valence-electron chi connectivity index (χ0n) is 6.52. The smallest absolute Gasteiger partial charge is 0.234 e. The highest BCUT2D eigenvalue weighted by Crippen LogP contribution is 2.22. The zero-order valence-corrected chi connectivity index (χ0v) is 7.27. The molecule has 0 radical (unpaired) electrons. The molecule has 0 amide bonds. The Morgan fingerprint density at radius 1 is 1.36 bits per heavy atom. The number of alkyl halides is 3. The van der Waals surface area contributed by atoms with Crippen LogP contribution in [0.2, 0.25) is 0 Å². The minimum absolute atomic E-state index is 0.297. The van der Waals surface area contributed by atoms with E-state index in [9.17, 15) is 17.6 Å². The molecule has 0 aromatic carbocycles. The van der Waals surface area contributed by atoms with Gasteiger partial charge in [-0.1, -0.05) is 11.6 Å². The molecule has 0 unspecified atom stereocenters. The van der Waals surface area contributed by atoms with Crippen LogP contribution in [0.1, 0.15) is 0 Å². The highest BCUT2D eigenvalue weighted by atomic mass is 35.5. The summed E-state index contributed by atoms with van der Waals surface area (Å²) in [4.78, 5) is 6.24. The Morgan fingerprint density at radius 3 is 2.43 bits per heavy atom. The average molecular weight is 227 g/mol. The first-order valence-electron chi connectivity index (χ1n) is 3.32. The second-order valence-corrected chi connectivity index (χ2v) is 2.59. The van der Waals surface area contributed by atoms with Crippen molar-refractivity contribution in [3.8, 4) is 0 Å². The van der Waals surface area contributed by atoms with E-state index in [2.05, 4.69) is 9.98 Å². The minimum Gasteiger partial charge on any atom is -0.234 e. The maximum absolute atomic E-state index is 12.3. The summed E-state index contributed by atoms with van der Waals surface area (Å²) in [6.07, 6.45) is -3.96. The number of nitrogens with zero attached hydrogens (tertiary/aromatic N) is 2. The number of hydrogen-bond donors (Lipinski definition) is 0. The number of halogens is 5. The summed E-state index contributed by atoms with van der Waals surface area (Å²) in [5, 5.41) is -1.54. The lowest BCUT2D eigenvalue weighted by Gasteiger charge is -2.01. The van der Waals surface area contributed by atoms with E-state index >= 15 is 0 Å². The van der Waals surface area contributed by atoms with E-state index in [0.717, 1.165) is 18.3 Å². The summed E-state index contributed by atoms with van der Waals surface area (Å²) in [6.45, 7) is 0. The SMILES string of the molecule is Fc1ccc(N=C(Cl)C(F)(F)F)nc1. The molecule has 1 heterocycles. The largest absolute Gasteiger partial charge is 0.444 e. The fraction of sp³-hybridized carbons (Fsp3) is 0.143. The van der Waals surface area contributed by atoms with Crippen LogP contribution >= 0.6 is 11.6 Å². The Labute approximate surface area is 81.2 Å². The van der Waals surface area contributed by atoms with Gasteiger partial charge in [-0.3, -0.25) is 0 Å². The summed E-state index contributed by atoms with van der Waals surface area (Å²) >= 11 is 4.82. The van der Waals surface area contributed by atoms with E-state index in [0.29, 0.717) is 0 Å². The van der Waals surface area contributed by atoms with E-state index in [-0.39, 0.29) is 5.82 Å². The molecule has 0 saturated carbocycles. The van der Waals surface area contributed by atoms with E-state index in [4.69, 9.17) is 11.6 Å². The van der Waals surface area contributed by atoms with Gasteiger partial charge in [0.15, 0.2) is 5.82 Å². The van der Waals surface area contributed by atoms with Gasteiger partial charge < -0.3 is 0 Å². The van der Waals surface area contributed by atoms with Crippen molar-refractivity contribution in [1.29, 1.82) is 0 Å². The first kappa shape index (κ1) is 10.9. The van der Waals surface area contributed by atoms with Crippen LogP contribution in [0.15, 0.2) is 23.3 Å². The molecule has 7 heteroatoms. The molecule has 0 fully saturated rings. The Kier molecular flexibility index (Phi) is 3.05. The van der Waals surface area contributed by atoms with Crippen LogP contribution in [0.3, 0.4) is 0 Å². The molecule has 14 heavy (non-hydrogen) atoms. The van der Waals surface area contributed by atoms with Gasteiger partial charge in [-0.15, -0.1) is 0 Å². The van der Waals surface area contributed by atoms with Gasteiger partial charge in [-0.2, -0.15) is 13.2 Å². The molecule has 76 valence electrons. The van der Waals surface area contributed by atoms with Crippen LogP contribution in [0.4, 0.5) is 23.4 Å². The van der Waals surface area contributed by atoms with Gasteiger partial charge in [-0.05, 0) is 12.1 Å². The quantitative estimate of drug-likeness (QED) is 0.534. The molecule has 0 bridgehead atoms. The molecule has 0 saturated heterocycles. The van der Waals surface area contributed by atoms with Gasteiger partial charge >= 0.3 is 6.18 Å². The first-order chi connectivity index (χ1) is 6.39. The monoisotopic (exact) mass is 226 g/mol. The van der Waals surface area contributed by atoms with Crippen LogP contribution in [0.5, 0.6) is 0 Å². The molecule has 2 nitrogen and oxygen atoms in total. The van der Waals surface area contributed by atoms with E-state index in [1.807, 2.05) is 0 Å². The lowest BCUT2D eigenvalue weighted by Crippen LogP contribution is -2.16. The van der Waals surface area contributed by atoms with Gasteiger partial charge in [0, 0.05) is 0 Å². The molecule has 1 rings (SSSR count). The fourth-order valence-corrected chi connectivity index (χ4v) is 0.685. The normalized spacial score (nSPS) is 13.1. The highest BCUT2D eigenvalue weighted by Gasteiger charge is 2.34. The second-order valence-electron chi connectivity index (χ2n) is 2.23. The third-order valence-corrected chi connectivity index (χ3v) is 1.46. The Hall–Kier alpha value is -1.17. The van der Waals surface area contributed by atoms with Crippen LogP contribution in [-0.4, -0.2) is 16.3 Å². The first-order valence-corrected chi connectivity index (χ1v) is 3.70. The fourth-order valence-electron chi connectivity index (χ4n) is 0.598. The van der Waals surface area contributed by atoms with Crippen molar-refractivity contribution in [3.63, 3.8) is 0 Å². The van der Waals surface area contributed by atoms with Crippen molar-refractivity contribution >= 4 is 22.6 Å². The summed E-state index contributed by atoms with van der Waals surface area (Å²) in [5.41, 5.74) is 0. The van der Waals surface area contributed by atoms with E-state index < -0.39 is 17.2 Å². The standard InChI is InChI=1S/C7H3ClF4N2/c8-6(7(10,11)12)14-5-2-1-4(9)3-13-5/h1-3H. The van der Waals surface area contributed by atoms with Crippen LogP contribution in [-0.2, 0) is 0 Å². The van der Waals surface area contributed by atoms with Crippen molar-refractivity contribution < 1.29 is 17.6 Å². The number of rotatable bonds is 1. The topological polar surface area (TPSA) is 25.2 Å². The number of aliphatic imine (C=N–C) groups is 1. The maximum Gasteiger partial charge on any atom is 0.444 e. The van der Waals surface area contributed by atoms with E-state index in [1.165, 1.54) is 0 Å². The van der Waals surface area contributed by atoms with Gasteiger partial charge in [-0.25, -0.2) is 14.4 Å². The Bertz CT molecular complexity index is 344. The van der Waals surface area contributed by atoms with Crippen LogP contribution < -0.4 is 0 Å². The van der Waals surface area contributed by atoms with Gasteiger partial charge in [0.2, 0.25) is 5.17 Å². The average Bonchev–Trinajstić information content (AvgIpc) is 2.07.